The van der Waals surface area contributed by atoms with Crippen molar-refractivity contribution in [2.24, 2.45) is 0 Å². The Morgan fingerprint density at radius 3 is 2.43 bits per heavy atom. The molecule has 0 bridgehead atoms. The second-order valence-electron chi connectivity index (χ2n) is 2.75. The van der Waals surface area contributed by atoms with Gasteiger partial charge in [0.05, 0.1) is 6.42 Å². The van der Waals surface area contributed by atoms with Gasteiger partial charge in [0.2, 0.25) is 5.91 Å². The molecule has 0 aromatic carbocycles. The second kappa shape index (κ2) is 7.32. The fourth-order valence-corrected chi connectivity index (χ4v) is 0.970. The number of carbonyl (C=O) groups excluding carboxylic acids is 1. The minimum Gasteiger partial charge on any atom is -0.481 e. The monoisotopic (exact) mass is 203 g/mol. The van der Waals surface area contributed by atoms with Crippen LogP contribution in [0, 0.1) is 0 Å². The molecule has 0 radical (unpaired) electrons. The van der Waals surface area contributed by atoms with Crippen molar-refractivity contribution in [3.05, 3.63) is 0 Å². The van der Waals surface area contributed by atoms with Crippen LogP contribution in [-0.2, 0) is 14.3 Å². The molecule has 0 atom stereocenters. The van der Waals surface area contributed by atoms with Crippen molar-refractivity contribution in [3.8, 4) is 0 Å². The van der Waals surface area contributed by atoms with Crippen LogP contribution in [0.5, 0.6) is 0 Å². The number of ether oxygens (including phenoxy) is 1. The molecule has 1 amide bonds. The van der Waals surface area contributed by atoms with Gasteiger partial charge in [-0.3, -0.25) is 9.59 Å². The SMILES string of the molecule is CCOCC(=O)N(CC)CCC(=O)O. The highest BCUT2D eigenvalue weighted by molar-refractivity contribution is 5.78. The van der Waals surface area contributed by atoms with E-state index in [9.17, 15) is 9.59 Å². The predicted octanol–water partition coefficient (Wildman–Crippen LogP) is 0.346. The van der Waals surface area contributed by atoms with Crippen LogP contribution < -0.4 is 0 Å². The molecule has 5 nitrogen and oxygen atoms in total. The van der Waals surface area contributed by atoms with Gasteiger partial charge in [-0.25, -0.2) is 0 Å². The largest absolute Gasteiger partial charge is 0.481 e. The number of likely N-dealkylation sites (N-methyl/N-ethyl adjacent to an activating group) is 1. The number of carbonyl (C=O) groups is 2. The van der Waals surface area contributed by atoms with Gasteiger partial charge in [0.1, 0.15) is 6.61 Å². The fraction of sp³-hybridized carbons (Fsp3) is 0.778. The summed E-state index contributed by atoms with van der Waals surface area (Å²) in [6.07, 6.45) is -0.0221. The molecular formula is C9H17NO4. The molecule has 14 heavy (non-hydrogen) atoms. The molecule has 0 heterocycles. The third-order valence-corrected chi connectivity index (χ3v) is 1.76. The number of rotatable bonds is 7. The maximum absolute atomic E-state index is 11.4. The maximum atomic E-state index is 11.4. The first-order chi connectivity index (χ1) is 6.61. The fourth-order valence-electron chi connectivity index (χ4n) is 0.970. The van der Waals surface area contributed by atoms with Crippen molar-refractivity contribution in [1.29, 1.82) is 0 Å². The van der Waals surface area contributed by atoms with E-state index in [1.54, 1.807) is 6.92 Å². The number of hydrogen-bond donors (Lipinski definition) is 1. The highest BCUT2D eigenvalue weighted by Gasteiger charge is 2.12. The summed E-state index contributed by atoms with van der Waals surface area (Å²) < 4.78 is 4.95. The Bertz CT molecular complexity index is 193. The maximum Gasteiger partial charge on any atom is 0.305 e. The van der Waals surface area contributed by atoms with Crippen LogP contribution in [0.25, 0.3) is 0 Å². The number of aliphatic carboxylic acids is 1. The van der Waals surface area contributed by atoms with Gasteiger partial charge >= 0.3 is 5.97 Å². The predicted molar refractivity (Wildman–Crippen MR) is 51.0 cm³/mol. The van der Waals surface area contributed by atoms with E-state index in [2.05, 4.69) is 0 Å². The van der Waals surface area contributed by atoms with Crippen LogP contribution in [0.1, 0.15) is 20.3 Å². The average molecular weight is 203 g/mol. The van der Waals surface area contributed by atoms with Crippen LogP contribution in [0.4, 0.5) is 0 Å². The lowest BCUT2D eigenvalue weighted by Gasteiger charge is -2.19. The highest BCUT2D eigenvalue weighted by Crippen LogP contribution is 1.93. The molecule has 5 heteroatoms. The normalized spacial score (nSPS) is 9.86. The molecular weight excluding hydrogens is 186 g/mol. The smallest absolute Gasteiger partial charge is 0.305 e. The number of hydrogen-bond acceptors (Lipinski definition) is 3. The summed E-state index contributed by atoms with van der Waals surface area (Å²) >= 11 is 0. The minimum atomic E-state index is -0.896. The van der Waals surface area contributed by atoms with Crippen molar-refractivity contribution in [3.63, 3.8) is 0 Å². The zero-order chi connectivity index (χ0) is 11.0. The van der Waals surface area contributed by atoms with Crippen LogP contribution in [-0.4, -0.2) is 48.2 Å². The van der Waals surface area contributed by atoms with E-state index in [1.807, 2.05) is 6.92 Å². The number of amides is 1. The summed E-state index contributed by atoms with van der Waals surface area (Å²) in [5, 5.41) is 8.45. The van der Waals surface area contributed by atoms with Gasteiger partial charge in [0.25, 0.3) is 0 Å². The van der Waals surface area contributed by atoms with Crippen molar-refractivity contribution < 1.29 is 19.4 Å². The summed E-state index contributed by atoms with van der Waals surface area (Å²) in [6.45, 7) is 4.90. The average Bonchev–Trinajstić information content (AvgIpc) is 2.15. The summed E-state index contributed by atoms with van der Waals surface area (Å²) in [6, 6.07) is 0. The third kappa shape index (κ3) is 5.53. The van der Waals surface area contributed by atoms with Gasteiger partial charge in [0.15, 0.2) is 0 Å². The van der Waals surface area contributed by atoms with Crippen LogP contribution >= 0.6 is 0 Å². The lowest BCUT2D eigenvalue weighted by atomic mass is 10.3. The molecule has 0 saturated carbocycles. The summed E-state index contributed by atoms with van der Waals surface area (Å²) in [4.78, 5) is 23.1. The van der Waals surface area contributed by atoms with Crippen LogP contribution in [0.2, 0.25) is 0 Å². The first-order valence-electron chi connectivity index (χ1n) is 4.69. The lowest BCUT2D eigenvalue weighted by Crippen LogP contribution is -2.35. The molecule has 0 spiro atoms. The Labute approximate surface area is 83.6 Å². The van der Waals surface area contributed by atoms with E-state index in [-0.39, 0.29) is 25.5 Å². The van der Waals surface area contributed by atoms with Gasteiger partial charge < -0.3 is 14.7 Å². The Hall–Kier alpha value is -1.10. The molecule has 0 aromatic rings. The van der Waals surface area contributed by atoms with E-state index in [0.717, 1.165) is 0 Å². The Kier molecular flexibility index (Phi) is 6.74. The minimum absolute atomic E-state index is 0.0221. The quantitative estimate of drug-likeness (QED) is 0.648. The van der Waals surface area contributed by atoms with Crippen molar-refractivity contribution in [2.45, 2.75) is 20.3 Å². The van der Waals surface area contributed by atoms with Crippen molar-refractivity contribution >= 4 is 11.9 Å². The molecule has 0 fully saturated rings. The molecule has 0 saturated heterocycles. The zero-order valence-electron chi connectivity index (χ0n) is 8.65. The molecule has 0 aliphatic rings. The van der Waals surface area contributed by atoms with E-state index in [1.165, 1.54) is 4.90 Å². The summed E-state index contributed by atoms with van der Waals surface area (Å²) in [5.41, 5.74) is 0. The Morgan fingerprint density at radius 2 is 2.00 bits per heavy atom. The number of nitrogens with zero attached hydrogens (tertiary/aromatic N) is 1. The molecule has 0 rings (SSSR count). The lowest BCUT2D eigenvalue weighted by molar-refractivity contribution is -0.139. The van der Waals surface area contributed by atoms with Crippen LogP contribution in [0.15, 0.2) is 0 Å². The molecule has 82 valence electrons. The van der Waals surface area contributed by atoms with Crippen LogP contribution in [0.3, 0.4) is 0 Å². The topological polar surface area (TPSA) is 66.8 Å². The van der Waals surface area contributed by atoms with Gasteiger partial charge in [-0.05, 0) is 13.8 Å². The Morgan fingerprint density at radius 1 is 1.36 bits per heavy atom. The van der Waals surface area contributed by atoms with Gasteiger partial charge in [-0.15, -0.1) is 0 Å². The summed E-state index contributed by atoms with van der Waals surface area (Å²) in [5.74, 6) is -1.05. The van der Waals surface area contributed by atoms with E-state index in [0.29, 0.717) is 13.2 Å². The Balaban J connectivity index is 3.86. The standard InChI is InChI=1S/C9H17NO4/c1-3-10(6-5-9(12)13)8(11)7-14-4-2/h3-7H2,1-2H3,(H,12,13). The van der Waals surface area contributed by atoms with Gasteiger partial charge in [-0.2, -0.15) is 0 Å². The van der Waals surface area contributed by atoms with Crippen molar-refractivity contribution in [2.75, 3.05) is 26.3 Å². The zero-order valence-corrected chi connectivity index (χ0v) is 8.65. The van der Waals surface area contributed by atoms with Gasteiger partial charge in [-0.1, -0.05) is 0 Å². The first-order valence-corrected chi connectivity index (χ1v) is 4.69. The third-order valence-electron chi connectivity index (χ3n) is 1.76. The molecule has 0 aliphatic heterocycles. The number of carboxylic acids is 1. The van der Waals surface area contributed by atoms with E-state index < -0.39 is 5.97 Å². The molecule has 0 aliphatic carbocycles. The molecule has 0 unspecified atom stereocenters. The summed E-state index contributed by atoms with van der Waals surface area (Å²) in [7, 11) is 0. The van der Waals surface area contributed by atoms with E-state index in [4.69, 9.17) is 9.84 Å². The first kappa shape index (κ1) is 12.9. The van der Waals surface area contributed by atoms with E-state index >= 15 is 0 Å². The highest BCUT2D eigenvalue weighted by atomic mass is 16.5. The molecule has 1 N–H and O–H groups in total. The molecule has 0 aromatic heterocycles. The second-order valence-corrected chi connectivity index (χ2v) is 2.75. The van der Waals surface area contributed by atoms with Crippen molar-refractivity contribution in [1.82, 2.24) is 4.90 Å². The number of carboxylic acid groups (broad SMARTS) is 1. The van der Waals surface area contributed by atoms with Gasteiger partial charge in [0, 0.05) is 19.7 Å².